The van der Waals surface area contributed by atoms with Crippen molar-refractivity contribution in [2.45, 2.75) is 32.4 Å². The second-order valence-electron chi connectivity index (χ2n) is 4.39. The Morgan fingerprint density at radius 1 is 1.18 bits per heavy atom. The van der Waals surface area contributed by atoms with Gasteiger partial charge >= 0.3 is 12.1 Å². The number of hydrogen-bond donors (Lipinski definition) is 2. The first-order valence-corrected chi connectivity index (χ1v) is 4.78. The van der Waals surface area contributed by atoms with Gasteiger partial charge in [-0.3, -0.25) is 4.79 Å². The van der Waals surface area contributed by atoms with Crippen LogP contribution in [0.15, 0.2) is 0 Å². The van der Waals surface area contributed by atoms with Crippen molar-refractivity contribution >= 4 is 5.91 Å². The van der Waals surface area contributed by atoms with Crippen LogP contribution in [-0.2, 0) is 4.79 Å². The van der Waals surface area contributed by atoms with Crippen LogP contribution in [0.2, 0.25) is 0 Å². The van der Waals surface area contributed by atoms with Gasteiger partial charge in [0.15, 0.2) is 0 Å². The van der Waals surface area contributed by atoms with Crippen LogP contribution in [0.1, 0.15) is 20.3 Å². The van der Waals surface area contributed by atoms with Gasteiger partial charge in [0.25, 0.3) is 5.91 Å². The fourth-order valence-electron chi connectivity index (χ4n) is 0.950. The third kappa shape index (κ3) is 4.45. The Hall–Kier alpha value is -0.920. The number of alkyl halides is 5. The molecule has 0 saturated carbocycles. The van der Waals surface area contributed by atoms with E-state index in [0.717, 1.165) is 0 Å². The molecule has 0 atom stereocenters. The zero-order valence-corrected chi connectivity index (χ0v) is 9.37. The predicted molar refractivity (Wildman–Crippen MR) is 49.5 cm³/mol. The zero-order valence-electron chi connectivity index (χ0n) is 9.37. The molecule has 0 aromatic heterocycles. The fraction of sp³-hybridized carbons (Fsp3) is 0.889. The van der Waals surface area contributed by atoms with Crippen LogP contribution in [0, 0.1) is 5.41 Å². The average Bonchev–Trinajstić information content (AvgIpc) is 2.12. The topological polar surface area (TPSA) is 49.3 Å². The van der Waals surface area contributed by atoms with Gasteiger partial charge in [-0.2, -0.15) is 22.0 Å². The molecule has 0 aromatic carbocycles. The van der Waals surface area contributed by atoms with Gasteiger partial charge in [0.2, 0.25) is 0 Å². The van der Waals surface area contributed by atoms with E-state index >= 15 is 0 Å². The van der Waals surface area contributed by atoms with Gasteiger partial charge in [0.1, 0.15) is 0 Å². The Morgan fingerprint density at radius 2 is 1.65 bits per heavy atom. The summed E-state index contributed by atoms with van der Waals surface area (Å²) in [4.78, 5) is 10.7. The number of hydrogen-bond acceptors (Lipinski definition) is 2. The lowest BCUT2D eigenvalue weighted by Gasteiger charge is -2.26. The minimum Gasteiger partial charge on any atom is -0.396 e. The number of aliphatic hydroxyl groups excluding tert-OH is 1. The van der Waals surface area contributed by atoms with E-state index in [1.54, 1.807) is 0 Å². The molecular formula is C9H14F5NO2. The Balaban J connectivity index is 4.48. The summed E-state index contributed by atoms with van der Waals surface area (Å²) in [6, 6.07) is 0. The van der Waals surface area contributed by atoms with Crippen molar-refractivity contribution < 1.29 is 31.9 Å². The number of amides is 1. The largest absolute Gasteiger partial charge is 0.463 e. The standard InChI is InChI=1S/C9H14F5NO2/c1-7(2,3-4-16)5-15-6(17)8(10,11)9(12,13)14/h16H,3-5H2,1-2H3,(H,15,17). The van der Waals surface area contributed by atoms with Crippen molar-refractivity contribution in [1.82, 2.24) is 5.32 Å². The molecule has 0 aromatic rings. The smallest absolute Gasteiger partial charge is 0.396 e. The minimum absolute atomic E-state index is 0.171. The maximum atomic E-state index is 12.5. The van der Waals surface area contributed by atoms with E-state index in [2.05, 4.69) is 0 Å². The highest BCUT2D eigenvalue weighted by molar-refractivity contribution is 5.84. The number of carbonyl (C=O) groups excluding carboxylic acids is 1. The number of nitrogens with one attached hydrogen (secondary N) is 1. The summed E-state index contributed by atoms with van der Waals surface area (Å²) in [6.07, 6.45) is -5.73. The van der Waals surface area contributed by atoms with E-state index in [9.17, 15) is 26.7 Å². The molecule has 0 unspecified atom stereocenters. The highest BCUT2D eigenvalue weighted by atomic mass is 19.4. The van der Waals surface area contributed by atoms with Gasteiger partial charge in [-0.25, -0.2) is 0 Å². The van der Waals surface area contributed by atoms with E-state index < -0.39 is 23.4 Å². The molecule has 0 bridgehead atoms. The number of rotatable bonds is 5. The molecular weight excluding hydrogens is 249 g/mol. The highest BCUT2D eigenvalue weighted by Gasteiger charge is 2.63. The summed E-state index contributed by atoms with van der Waals surface area (Å²) in [5.41, 5.74) is -0.758. The second kappa shape index (κ2) is 5.16. The summed E-state index contributed by atoms with van der Waals surface area (Å²) < 4.78 is 60.4. The van der Waals surface area contributed by atoms with Crippen molar-refractivity contribution in [2.24, 2.45) is 5.41 Å². The van der Waals surface area contributed by atoms with Gasteiger partial charge in [0.05, 0.1) is 0 Å². The van der Waals surface area contributed by atoms with Crippen molar-refractivity contribution in [3.05, 3.63) is 0 Å². The molecule has 1 amide bonds. The lowest BCUT2D eigenvalue weighted by molar-refractivity contribution is -0.269. The van der Waals surface area contributed by atoms with Gasteiger partial charge in [-0.05, 0) is 11.8 Å². The third-order valence-corrected chi connectivity index (χ3v) is 2.16. The number of halogens is 5. The predicted octanol–water partition coefficient (Wildman–Crippen LogP) is 1.71. The van der Waals surface area contributed by atoms with E-state index in [1.807, 2.05) is 0 Å². The molecule has 0 spiro atoms. The monoisotopic (exact) mass is 263 g/mol. The van der Waals surface area contributed by atoms with Crippen LogP contribution < -0.4 is 5.32 Å². The summed E-state index contributed by atoms with van der Waals surface area (Å²) >= 11 is 0. The van der Waals surface area contributed by atoms with Crippen LogP contribution in [-0.4, -0.2) is 36.3 Å². The Labute approximate surface area is 95.0 Å². The molecule has 2 N–H and O–H groups in total. The molecule has 17 heavy (non-hydrogen) atoms. The third-order valence-electron chi connectivity index (χ3n) is 2.16. The number of aliphatic hydroxyl groups is 1. The van der Waals surface area contributed by atoms with Crippen LogP contribution in [0.5, 0.6) is 0 Å². The molecule has 0 aliphatic rings. The first-order valence-electron chi connectivity index (χ1n) is 4.78. The molecule has 0 saturated heterocycles. The lowest BCUT2D eigenvalue weighted by atomic mass is 9.89. The molecule has 8 heteroatoms. The second-order valence-corrected chi connectivity index (χ2v) is 4.39. The lowest BCUT2D eigenvalue weighted by Crippen LogP contribution is -2.52. The number of carbonyl (C=O) groups is 1. The van der Waals surface area contributed by atoms with Crippen molar-refractivity contribution in [3.63, 3.8) is 0 Å². The molecule has 0 aliphatic heterocycles. The van der Waals surface area contributed by atoms with Crippen LogP contribution in [0.4, 0.5) is 22.0 Å². The van der Waals surface area contributed by atoms with Crippen LogP contribution in [0.3, 0.4) is 0 Å². The van der Waals surface area contributed by atoms with Gasteiger partial charge in [-0.15, -0.1) is 0 Å². The molecule has 0 rings (SSSR count). The SMILES string of the molecule is CC(C)(CCO)CNC(=O)C(F)(F)C(F)(F)F. The minimum atomic E-state index is -5.90. The van der Waals surface area contributed by atoms with Gasteiger partial charge in [-0.1, -0.05) is 13.8 Å². The Kier molecular flexibility index (Phi) is 4.88. The van der Waals surface area contributed by atoms with E-state index in [1.165, 1.54) is 19.2 Å². The summed E-state index contributed by atoms with van der Waals surface area (Å²) in [5.74, 6) is -7.78. The molecule has 3 nitrogen and oxygen atoms in total. The van der Waals surface area contributed by atoms with Gasteiger partial charge < -0.3 is 10.4 Å². The molecule has 102 valence electrons. The average molecular weight is 263 g/mol. The molecule has 0 heterocycles. The van der Waals surface area contributed by atoms with Gasteiger partial charge in [0, 0.05) is 13.2 Å². The zero-order chi connectivity index (χ0) is 13.9. The van der Waals surface area contributed by atoms with Crippen molar-refractivity contribution in [2.75, 3.05) is 13.2 Å². The molecule has 0 fully saturated rings. The molecule has 0 radical (unpaired) electrons. The fourth-order valence-corrected chi connectivity index (χ4v) is 0.950. The van der Waals surface area contributed by atoms with Crippen molar-refractivity contribution in [1.29, 1.82) is 0 Å². The first-order chi connectivity index (χ1) is 7.44. The van der Waals surface area contributed by atoms with E-state index in [-0.39, 0.29) is 19.6 Å². The Bertz CT molecular complexity index is 275. The summed E-state index contributed by atoms with van der Waals surface area (Å²) in [6.45, 7) is 2.42. The highest BCUT2D eigenvalue weighted by Crippen LogP contribution is 2.35. The summed E-state index contributed by atoms with van der Waals surface area (Å²) in [5, 5.41) is 10.1. The van der Waals surface area contributed by atoms with E-state index in [0.29, 0.717) is 0 Å². The maximum absolute atomic E-state index is 12.5. The van der Waals surface area contributed by atoms with Crippen molar-refractivity contribution in [3.8, 4) is 0 Å². The Morgan fingerprint density at radius 3 is 2.00 bits per heavy atom. The molecule has 0 aliphatic carbocycles. The normalized spacial score (nSPS) is 13.6. The first kappa shape index (κ1) is 16.1. The van der Waals surface area contributed by atoms with Crippen LogP contribution in [0.25, 0.3) is 0 Å². The van der Waals surface area contributed by atoms with E-state index in [4.69, 9.17) is 5.11 Å². The van der Waals surface area contributed by atoms with Crippen LogP contribution >= 0.6 is 0 Å². The maximum Gasteiger partial charge on any atom is 0.463 e. The quantitative estimate of drug-likeness (QED) is 0.742. The summed E-state index contributed by atoms with van der Waals surface area (Å²) in [7, 11) is 0.